The molecule has 1 aliphatic heterocycles. The van der Waals surface area contributed by atoms with Crippen molar-refractivity contribution >= 4 is 52.3 Å². The van der Waals surface area contributed by atoms with E-state index in [1.54, 1.807) is 24.4 Å². The molecule has 0 aromatic heterocycles. The Hall–Kier alpha value is -1.82. The van der Waals surface area contributed by atoms with Crippen LogP contribution in [-0.4, -0.2) is 22.5 Å². The van der Waals surface area contributed by atoms with E-state index in [0.717, 1.165) is 11.1 Å². The molecule has 7 heteroatoms. The molecule has 1 N–H and O–H groups in total. The van der Waals surface area contributed by atoms with E-state index in [1.165, 1.54) is 11.8 Å². The summed E-state index contributed by atoms with van der Waals surface area (Å²) in [5, 5.41) is 12.2. The molecule has 0 bridgehead atoms. The third-order valence-corrected chi connectivity index (χ3v) is 5.02. The molecule has 1 amide bonds. The number of benzene rings is 2. The molecule has 4 nitrogen and oxygen atoms in total. The highest BCUT2D eigenvalue weighted by Gasteiger charge is 2.31. The van der Waals surface area contributed by atoms with E-state index in [4.69, 9.17) is 23.2 Å². The molecule has 3 rings (SSSR count). The minimum absolute atomic E-state index is 0.107. The number of carbonyl (C=O) groups is 1. The molecule has 1 atom stereocenters. The quantitative estimate of drug-likeness (QED) is 0.642. The van der Waals surface area contributed by atoms with Crippen molar-refractivity contribution in [3.63, 3.8) is 0 Å². The molecule has 24 heavy (non-hydrogen) atoms. The second-order valence-corrected chi connectivity index (χ2v) is 7.13. The summed E-state index contributed by atoms with van der Waals surface area (Å²) in [6.45, 7) is 0. The third-order valence-electron chi connectivity index (χ3n) is 3.34. The largest absolute Gasteiger partial charge is 0.303 e. The van der Waals surface area contributed by atoms with E-state index in [-0.39, 0.29) is 11.2 Å². The molecule has 1 saturated heterocycles. The Balaban J connectivity index is 1.66. The van der Waals surface area contributed by atoms with Gasteiger partial charge in [-0.25, -0.2) is 0 Å². The lowest BCUT2D eigenvalue weighted by molar-refractivity contribution is -0.118. The van der Waals surface area contributed by atoms with Gasteiger partial charge in [-0.2, -0.15) is 5.10 Å². The Kier molecular flexibility index (Phi) is 5.56. The van der Waals surface area contributed by atoms with E-state index >= 15 is 0 Å². The first kappa shape index (κ1) is 17.0. The second-order valence-electron chi connectivity index (χ2n) is 5.10. The standard InChI is InChI=1S/C17H13Cl2N3OS/c18-13-6-7-14(19)12(8-13)9-15-16(23)21-17(24-15)22-20-10-11-4-2-1-3-5-11/h1-8,10,15H,9H2,(H,21,22,23). The summed E-state index contributed by atoms with van der Waals surface area (Å²) in [5.74, 6) is -0.107. The van der Waals surface area contributed by atoms with Crippen molar-refractivity contribution in [2.75, 3.05) is 0 Å². The molecular weight excluding hydrogens is 365 g/mol. The van der Waals surface area contributed by atoms with Crippen LogP contribution < -0.4 is 5.32 Å². The molecular formula is C17H13Cl2N3OS. The van der Waals surface area contributed by atoms with Gasteiger partial charge in [-0.1, -0.05) is 65.3 Å². The minimum Gasteiger partial charge on any atom is -0.303 e. The van der Waals surface area contributed by atoms with Gasteiger partial charge in [0.2, 0.25) is 5.91 Å². The SMILES string of the molecule is O=C1NC(=NN=Cc2ccccc2)SC1Cc1cc(Cl)ccc1Cl. The monoisotopic (exact) mass is 377 g/mol. The predicted octanol–water partition coefficient (Wildman–Crippen LogP) is 4.16. The van der Waals surface area contributed by atoms with Crippen LogP contribution >= 0.6 is 35.0 Å². The van der Waals surface area contributed by atoms with Crippen LogP contribution in [0, 0.1) is 0 Å². The smallest absolute Gasteiger partial charge is 0.239 e. The summed E-state index contributed by atoms with van der Waals surface area (Å²) >= 11 is 13.5. The minimum atomic E-state index is -0.299. The molecule has 0 saturated carbocycles. The van der Waals surface area contributed by atoms with Crippen LogP contribution in [0.15, 0.2) is 58.7 Å². The van der Waals surface area contributed by atoms with Crippen LogP contribution in [0.1, 0.15) is 11.1 Å². The zero-order valence-corrected chi connectivity index (χ0v) is 14.8. The molecule has 0 spiro atoms. The summed E-state index contributed by atoms with van der Waals surface area (Å²) < 4.78 is 0. The van der Waals surface area contributed by atoms with Gasteiger partial charge in [-0.15, -0.1) is 5.10 Å². The van der Waals surface area contributed by atoms with Crippen molar-refractivity contribution in [1.29, 1.82) is 0 Å². The number of hydrogen-bond donors (Lipinski definition) is 1. The van der Waals surface area contributed by atoms with E-state index in [1.807, 2.05) is 30.3 Å². The Morgan fingerprint density at radius 3 is 2.75 bits per heavy atom. The third kappa shape index (κ3) is 4.38. The molecule has 2 aromatic rings. The molecule has 1 unspecified atom stereocenters. The van der Waals surface area contributed by atoms with E-state index in [0.29, 0.717) is 21.6 Å². The highest BCUT2D eigenvalue weighted by atomic mass is 35.5. The van der Waals surface area contributed by atoms with Crippen molar-refractivity contribution in [3.8, 4) is 0 Å². The number of rotatable bonds is 4. The summed E-state index contributed by atoms with van der Waals surface area (Å²) in [6.07, 6.45) is 2.12. The van der Waals surface area contributed by atoms with E-state index in [9.17, 15) is 4.79 Å². The first-order valence-electron chi connectivity index (χ1n) is 7.19. The van der Waals surface area contributed by atoms with Gasteiger partial charge in [0.25, 0.3) is 0 Å². The van der Waals surface area contributed by atoms with Gasteiger partial charge in [0, 0.05) is 10.0 Å². The zero-order chi connectivity index (χ0) is 16.9. The van der Waals surface area contributed by atoms with Crippen LogP contribution in [0.4, 0.5) is 0 Å². The van der Waals surface area contributed by atoms with Gasteiger partial charge in [0.05, 0.1) is 11.5 Å². The van der Waals surface area contributed by atoms with Gasteiger partial charge in [0.1, 0.15) is 0 Å². The van der Waals surface area contributed by atoms with Gasteiger partial charge < -0.3 is 5.32 Å². The predicted molar refractivity (Wildman–Crippen MR) is 101 cm³/mol. The second kappa shape index (κ2) is 7.83. The number of nitrogens with zero attached hydrogens (tertiary/aromatic N) is 2. The summed E-state index contributed by atoms with van der Waals surface area (Å²) in [6, 6.07) is 14.9. The maximum absolute atomic E-state index is 12.1. The van der Waals surface area contributed by atoms with Crippen molar-refractivity contribution in [3.05, 3.63) is 69.7 Å². The Morgan fingerprint density at radius 1 is 1.17 bits per heavy atom. The number of amides is 1. The molecule has 1 aliphatic rings. The highest BCUT2D eigenvalue weighted by molar-refractivity contribution is 8.15. The Bertz CT molecular complexity index is 809. The van der Waals surface area contributed by atoms with Crippen LogP contribution in [0.25, 0.3) is 0 Å². The van der Waals surface area contributed by atoms with Crippen LogP contribution in [0.5, 0.6) is 0 Å². The van der Waals surface area contributed by atoms with E-state index in [2.05, 4.69) is 15.5 Å². The average molecular weight is 378 g/mol. The maximum Gasteiger partial charge on any atom is 0.239 e. The van der Waals surface area contributed by atoms with Crippen LogP contribution in [-0.2, 0) is 11.2 Å². The normalized spacial score (nSPS) is 19.2. The summed E-state index contributed by atoms with van der Waals surface area (Å²) in [5.41, 5.74) is 1.78. The highest BCUT2D eigenvalue weighted by Crippen LogP contribution is 2.28. The maximum atomic E-state index is 12.1. The number of halogens is 2. The van der Waals surface area contributed by atoms with Crippen molar-refractivity contribution in [2.45, 2.75) is 11.7 Å². The molecule has 122 valence electrons. The van der Waals surface area contributed by atoms with Gasteiger partial charge in [0.15, 0.2) is 5.17 Å². The molecule has 1 heterocycles. The number of nitrogens with one attached hydrogen (secondary N) is 1. The zero-order valence-electron chi connectivity index (χ0n) is 12.4. The number of carbonyl (C=O) groups excluding carboxylic acids is 1. The van der Waals surface area contributed by atoms with Crippen molar-refractivity contribution < 1.29 is 4.79 Å². The number of hydrogen-bond acceptors (Lipinski definition) is 4. The summed E-state index contributed by atoms with van der Waals surface area (Å²) in [7, 11) is 0. The van der Waals surface area contributed by atoms with Crippen LogP contribution in [0.3, 0.4) is 0 Å². The Morgan fingerprint density at radius 2 is 1.96 bits per heavy atom. The lowest BCUT2D eigenvalue weighted by atomic mass is 10.1. The van der Waals surface area contributed by atoms with Gasteiger partial charge in [-0.05, 0) is 35.7 Å². The van der Waals surface area contributed by atoms with Gasteiger partial charge >= 0.3 is 0 Å². The van der Waals surface area contributed by atoms with Gasteiger partial charge in [-0.3, -0.25) is 4.79 Å². The lowest BCUT2D eigenvalue weighted by Gasteiger charge is -2.07. The molecule has 2 aromatic carbocycles. The average Bonchev–Trinajstić information content (AvgIpc) is 2.92. The lowest BCUT2D eigenvalue weighted by Crippen LogP contribution is -2.26. The number of amidine groups is 1. The summed E-state index contributed by atoms with van der Waals surface area (Å²) in [4.78, 5) is 12.1. The molecule has 1 fully saturated rings. The Labute approximate surface area is 154 Å². The van der Waals surface area contributed by atoms with Crippen molar-refractivity contribution in [1.82, 2.24) is 5.32 Å². The fourth-order valence-electron chi connectivity index (χ4n) is 2.17. The first-order valence-corrected chi connectivity index (χ1v) is 8.83. The topological polar surface area (TPSA) is 53.8 Å². The first-order chi connectivity index (χ1) is 11.6. The molecule has 0 radical (unpaired) electrons. The van der Waals surface area contributed by atoms with E-state index < -0.39 is 0 Å². The molecule has 0 aliphatic carbocycles. The fraction of sp³-hybridized carbons (Fsp3) is 0.118. The fourth-order valence-corrected chi connectivity index (χ4v) is 3.51. The van der Waals surface area contributed by atoms with Crippen molar-refractivity contribution in [2.24, 2.45) is 10.2 Å². The van der Waals surface area contributed by atoms with Crippen LogP contribution in [0.2, 0.25) is 10.0 Å². The number of thioether (sulfide) groups is 1.